The molecule has 2 heteroatoms. The van der Waals surface area contributed by atoms with E-state index in [1.165, 1.54) is 17.5 Å². The van der Waals surface area contributed by atoms with E-state index in [1.807, 2.05) is 0 Å². The Morgan fingerprint density at radius 3 is 1.86 bits per heavy atom. The van der Waals surface area contributed by atoms with Gasteiger partial charge in [0.2, 0.25) is 0 Å². The molecule has 21 heavy (non-hydrogen) atoms. The molecule has 0 heterocycles. The first-order valence-electron chi connectivity index (χ1n) is 7.69. The van der Waals surface area contributed by atoms with Crippen LogP contribution in [0.2, 0.25) is 0 Å². The van der Waals surface area contributed by atoms with E-state index in [0.29, 0.717) is 5.92 Å². The molecule has 0 saturated carbocycles. The molecule has 2 aromatic rings. The molecule has 0 radical (unpaired) electrons. The Labute approximate surface area is 129 Å². The van der Waals surface area contributed by atoms with E-state index in [2.05, 4.69) is 72.8 Å². The molecule has 0 aromatic heterocycles. The summed E-state index contributed by atoms with van der Waals surface area (Å²) in [5.41, 5.74) is 2.28. The second-order valence-corrected chi connectivity index (χ2v) is 6.06. The van der Waals surface area contributed by atoms with Gasteiger partial charge < -0.3 is 0 Å². The summed E-state index contributed by atoms with van der Waals surface area (Å²) in [6.45, 7) is 0. The first-order valence-corrected chi connectivity index (χ1v) is 8.51. The van der Waals surface area contributed by atoms with Gasteiger partial charge in [-0.2, -0.15) is 0 Å². The number of benzene rings is 2. The van der Waals surface area contributed by atoms with Gasteiger partial charge >= 0.3 is 129 Å². The molecule has 1 unspecified atom stereocenters. The van der Waals surface area contributed by atoms with Gasteiger partial charge in [-0.3, -0.25) is 0 Å². The Morgan fingerprint density at radius 2 is 1.43 bits per heavy atom. The summed E-state index contributed by atoms with van der Waals surface area (Å²) in [4.78, 5) is 0. The molecular formula is C19H23OP. The molecule has 1 aliphatic carbocycles. The SMILES string of the molecule is [PH4]OC(c1ccccc1)(c1ccccc1)C1CC=CCC1. The third-order valence-electron chi connectivity index (χ3n) is 4.57. The molecule has 0 aliphatic heterocycles. The summed E-state index contributed by atoms with van der Waals surface area (Å²) in [6, 6.07) is 21.5. The summed E-state index contributed by atoms with van der Waals surface area (Å²) in [7, 11) is 0.725. The van der Waals surface area contributed by atoms with Gasteiger partial charge in [-0.25, -0.2) is 0 Å². The monoisotopic (exact) mass is 298 g/mol. The van der Waals surface area contributed by atoms with Crippen molar-refractivity contribution in [3.63, 3.8) is 0 Å². The van der Waals surface area contributed by atoms with Crippen LogP contribution in [0.5, 0.6) is 0 Å². The average Bonchev–Trinajstić information content (AvgIpc) is 2.59. The topological polar surface area (TPSA) is 9.23 Å². The van der Waals surface area contributed by atoms with Crippen molar-refractivity contribution in [3.05, 3.63) is 83.9 Å². The van der Waals surface area contributed by atoms with Gasteiger partial charge in [0.1, 0.15) is 0 Å². The predicted octanol–water partition coefficient (Wildman–Crippen LogP) is 4.56. The van der Waals surface area contributed by atoms with Crippen molar-refractivity contribution < 1.29 is 4.52 Å². The van der Waals surface area contributed by atoms with Crippen LogP contribution in [0.3, 0.4) is 0 Å². The van der Waals surface area contributed by atoms with E-state index in [4.69, 9.17) is 4.52 Å². The van der Waals surface area contributed by atoms with Crippen LogP contribution in [0.1, 0.15) is 30.4 Å². The molecule has 1 aliphatic rings. The zero-order valence-corrected chi connectivity index (χ0v) is 14.5. The summed E-state index contributed by atoms with van der Waals surface area (Å²) in [5, 5.41) is 0. The first-order chi connectivity index (χ1) is 10.4. The number of hydrogen-bond donors (Lipinski definition) is 0. The summed E-state index contributed by atoms with van der Waals surface area (Å²) >= 11 is 0. The zero-order valence-electron chi connectivity index (χ0n) is 12.5. The second-order valence-electron chi connectivity index (χ2n) is 5.65. The minimum atomic E-state index is -0.292. The van der Waals surface area contributed by atoms with Crippen LogP contribution >= 0.6 is 9.47 Å². The molecule has 0 N–H and O–H groups in total. The molecule has 0 amide bonds. The van der Waals surface area contributed by atoms with E-state index < -0.39 is 0 Å². The molecule has 0 spiro atoms. The molecule has 2 aromatic carbocycles. The Hall–Kier alpha value is -1.43. The van der Waals surface area contributed by atoms with Gasteiger partial charge in [-0.1, -0.05) is 0 Å². The van der Waals surface area contributed by atoms with E-state index in [-0.39, 0.29) is 5.60 Å². The summed E-state index contributed by atoms with van der Waals surface area (Å²) in [5.74, 6) is 0.504. The van der Waals surface area contributed by atoms with E-state index in [1.54, 1.807) is 0 Å². The fraction of sp³-hybridized carbons (Fsp3) is 0.263. The number of hydrogen-bond acceptors (Lipinski definition) is 1. The van der Waals surface area contributed by atoms with Gasteiger partial charge in [0, 0.05) is 0 Å². The van der Waals surface area contributed by atoms with Crippen LogP contribution in [-0.2, 0) is 10.1 Å². The summed E-state index contributed by atoms with van der Waals surface area (Å²) in [6.07, 6.45) is 8.03. The molecule has 1 atom stereocenters. The van der Waals surface area contributed by atoms with Crippen molar-refractivity contribution in [1.29, 1.82) is 0 Å². The molecule has 0 fully saturated rings. The fourth-order valence-electron chi connectivity index (χ4n) is 3.57. The molecule has 1 nitrogen and oxygen atoms in total. The van der Waals surface area contributed by atoms with Gasteiger partial charge in [-0.15, -0.1) is 0 Å². The Bertz CT molecular complexity index is 552. The third-order valence-corrected chi connectivity index (χ3v) is 5.22. The van der Waals surface area contributed by atoms with Crippen LogP contribution < -0.4 is 0 Å². The quantitative estimate of drug-likeness (QED) is 0.594. The Kier molecular flexibility index (Phi) is 4.53. The van der Waals surface area contributed by atoms with Crippen LogP contribution in [0.25, 0.3) is 0 Å². The molecule has 0 bridgehead atoms. The molecule has 110 valence electrons. The molecule has 0 saturated heterocycles. The Morgan fingerprint density at radius 1 is 0.857 bits per heavy atom. The van der Waals surface area contributed by atoms with E-state index >= 15 is 0 Å². The van der Waals surface area contributed by atoms with Crippen molar-refractivity contribution in [2.45, 2.75) is 24.9 Å². The van der Waals surface area contributed by atoms with E-state index in [0.717, 1.165) is 22.3 Å². The number of rotatable bonds is 4. The van der Waals surface area contributed by atoms with Crippen molar-refractivity contribution in [3.8, 4) is 0 Å². The summed E-state index contributed by atoms with van der Waals surface area (Å²) < 4.78 is 6.35. The average molecular weight is 298 g/mol. The first kappa shape index (κ1) is 14.5. The second kappa shape index (κ2) is 6.56. The fourth-order valence-corrected chi connectivity index (χ4v) is 4.38. The van der Waals surface area contributed by atoms with Crippen molar-refractivity contribution >= 4 is 9.47 Å². The van der Waals surface area contributed by atoms with Gasteiger partial charge in [-0.05, 0) is 0 Å². The Balaban J connectivity index is 2.15. The van der Waals surface area contributed by atoms with Crippen LogP contribution in [0, 0.1) is 5.92 Å². The van der Waals surface area contributed by atoms with Crippen molar-refractivity contribution in [2.24, 2.45) is 5.92 Å². The molecule has 3 rings (SSSR count). The maximum atomic E-state index is 6.35. The van der Waals surface area contributed by atoms with Gasteiger partial charge in [0.25, 0.3) is 0 Å². The van der Waals surface area contributed by atoms with Crippen molar-refractivity contribution in [2.75, 3.05) is 0 Å². The van der Waals surface area contributed by atoms with Crippen LogP contribution in [-0.4, -0.2) is 0 Å². The molecular weight excluding hydrogens is 275 g/mol. The standard InChI is InChI=1S/C19H23OP/c21-20-19(16-10-4-1-5-11-16,17-12-6-2-7-13-17)18-14-8-3-9-15-18/h1-8,10-13,18H,9,14-15H2,21H4. The normalized spacial score (nSPS) is 18.7. The number of allylic oxidation sites excluding steroid dienone is 2. The van der Waals surface area contributed by atoms with Crippen LogP contribution in [0.15, 0.2) is 72.8 Å². The van der Waals surface area contributed by atoms with E-state index in [9.17, 15) is 0 Å². The van der Waals surface area contributed by atoms with Crippen molar-refractivity contribution in [1.82, 2.24) is 0 Å². The minimum absolute atomic E-state index is 0.292. The van der Waals surface area contributed by atoms with Crippen LogP contribution in [0.4, 0.5) is 0 Å². The van der Waals surface area contributed by atoms with Gasteiger partial charge in [0.05, 0.1) is 0 Å². The zero-order chi connectivity index (χ0) is 14.5. The maximum absolute atomic E-state index is 6.35. The van der Waals surface area contributed by atoms with Gasteiger partial charge in [0.15, 0.2) is 0 Å². The predicted molar refractivity (Wildman–Crippen MR) is 93.7 cm³/mol. The third kappa shape index (κ3) is 2.69.